The van der Waals surface area contributed by atoms with E-state index in [1.54, 1.807) is 0 Å². The lowest BCUT2D eigenvalue weighted by Crippen LogP contribution is -2.22. The molecule has 138 valence electrons. The van der Waals surface area contributed by atoms with Gasteiger partial charge in [-0.25, -0.2) is 0 Å². The van der Waals surface area contributed by atoms with E-state index in [0.29, 0.717) is 5.75 Å². The molecule has 4 aliphatic carbocycles. The first kappa shape index (κ1) is 18.7. The zero-order chi connectivity index (χ0) is 18.9. The minimum absolute atomic E-state index is 0.108. The normalized spacial score (nSPS) is 16.3. The van der Waals surface area contributed by atoms with Gasteiger partial charge < -0.3 is 5.11 Å². The van der Waals surface area contributed by atoms with Gasteiger partial charge in [0.25, 0.3) is 0 Å². The van der Waals surface area contributed by atoms with E-state index < -0.39 is 0 Å². The van der Waals surface area contributed by atoms with Crippen molar-refractivity contribution in [2.75, 3.05) is 0 Å². The van der Waals surface area contributed by atoms with Gasteiger partial charge in [-0.05, 0) is 67.2 Å². The Morgan fingerprint density at radius 2 is 1.38 bits per heavy atom. The highest BCUT2D eigenvalue weighted by atomic mass is 16.3. The molecule has 0 heterocycles. The van der Waals surface area contributed by atoms with E-state index in [0.717, 1.165) is 42.5 Å². The molecule has 0 saturated heterocycles. The number of benzene rings is 2. The highest BCUT2D eigenvalue weighted by Crippen LogP contribution is 2.31. The average Bonchev–Trinajstić information content (AvgIpc) is 2.57. The highest BCUT2D eigenvalue weighted by Gasteiger charge is 2.21. The summed E-state index contributed by atoms with van der Waals surface area (Å²) in [5.74, 6) is 0.430. The van der Waals surface area contributed by atoms with E-state index in [4.69, 9.17) is 4.99 Å². The van der Waals surface area contributed by atoms with Crippen LogP contribution in [-0.2, 0) is 25.7 Å². The molecule has 0 spiro atoms. The first-order valence-electron chi connectivity index (χ1n) is 9.72. The maximum absolute atomic E-state index is 11.0. The summed E-state index contributed by atoms with van der Waals surface area (Å²) in [6, 6.07) is 13.4. The largest absolute Gasteiger partial charge is 0.507 e. The van der Waals surface area contributed by atoms with Crippen molar-refractivity contribution >= 4 is 5.71 Å². The van der Waals surface area contributed by atoms with Crippen LogP contribution in [0.3, 0.4) is 0 Å². The van der Waals surface area contributed by atoms with Crippen LogP contribution in [-0.4, -0.2) is 16.9 Å². The number of phenolic OH excluding ortho intramolecular Hbond substituents is 1. The summed E-state index contributed by atoms with van der Waals surface area (Å²) in [7, 11) is 0. The van der Waals surface area contributed by atoms with Crippen molar-refractivity contribution in [1.29, 1.82) is 0 Å². The average molecular weight is 350 g/mol. The van der Waals surface area contributed by atoms with E-state index in [1.807, 2.05) is 6.92 Å². The summed E-state index contributed by atoms with van der Waals surface area (Å²) < 4.78 is 0. The van der Waals surface area contributed by atoms with Crippen molar-refractivity contribution in [3.8, 4) is 5.75 Å². The van der Waals surface area contributed by atoms with Gasteiger partial charge in [-0.15, -0.1) is 0 Å². The van der Waals surface area contributed by atoms with Crippen molar-refractivity contribution in [1.82, 2.24) is 0 Å². The summed E-state index contributed by atoms with van der Waals surface area (Å²) in [5.41, 5.74) is 6.90. The van der Waals surface area contributed by atoms with Crippen molar-refractivity contribution in [2.45, 2.75) is 66.3 Å². The lowest BCUT2D eigenvalue weighted by Gasteiger charge is -2.25. The second kappa shape index (κ2) is 7.26. The van der Waals surface area contributed by atoms with Crippen LogP contribution in [0.4, 0.5) is 0 Å². The SMILES string of the molecule is CC(=N[C@@H](C)C(C)(C)C)c1c2ccc(c1O)CCc1ccc(cc1)CC2. The van der Waals surface area contributed by atoms with E-state index in [1.165, 1.54) is 16.7 Å². The van der Waals surface area contributed by atoms with Gasteiger partial charge in [0.05, 0.1) is 6.04 Å². The van der Waals surface area contributed by atoms with Gasteiger partial charge in [0.1, 0.15) is 5.75 Å². The number of hydrogen-bond donors (Lipinski definition) is 1. The quantitative estimate of drug-likeness (QED) is 0.711. The molecule has 1 N–H and O–H groups in total. The third kappa shape index (κ3) is 4.00. The number of rotatable bonds is 2. The van der Waals surface area contributed by atoms with E-state index in [9.17, 15) is 5.11 Å². The van der Waals surface area contributed by atoms with Crippen LogP contribution in [0.1, 0.15) is 62.4 Å². The summed E-state index contributed by atoms with van der Waals surface area (Å²) in [6.07, 6.45) is 3.69. The molecule has 0 radical (unpaired) electrons. The minimum Gasteiger partial charge on any atom is -0.507 e. The van der Waals surface area contributed by atoms with E-state index in [-0.39, 0.29) is 11.5 Å². The Morgan fingerprint density at radius 3 is 1.92 bits per heavy atom. The fourth-order valence-corrected chi connectivity index (χ4v) is 3.47. The molecular weight excluding hydrogens is 318 g/mol. The monoisotopic (exact) mass is 349 g/mol. The molecule has 4 aliphatic rings. The van der Waals surface area contributed by atoms with Crippen molar-refractivity contribution in [2.24, 2.45) is 10.4 Å². The molecule has 2 aromatic carbocycles. The first-order chi connectivity index (χ1) is 12.3. The van der Waals surface area contributed by atoms with Gasteiger partial charge in [-0.3, -0.25) is 4.99 Å². The summed E-state index contributed by atoms with van der Waals surface area (Å²) >= 11 is 0. The van der Waals surface area contributed by atoms with Crippen LogP contribution in [0.15, 0.2) is 41.4 Å². The zero-order valence-corrected chi connectivity index (χ0v) is 16.8. The van der Waals surface area contributed by atoms with Gasteiger partial charge in [0.15, 0.2) is 0 Å². The van der Waals surface area contributed by atoms with Gasteiger partial charge in [-0.1, -0.05) is 57.2 Å². The molecule has 0 aromatic heterocycles. The third-order valence-electron chi connectivity index (χ3n) is 5.74. The lowest BCUT2D eigenvalue weighted by molar-refractivity contribution is 0.341. The van der Waals surface area contributed by atoms with Crippen LogP contribution in [0, 0.1) is 5.41 Å². The van der Waals surface area contributed by atoms with Crippen LogP contribution < -0.4 is 0 Å². The first-order valence-corrected chi connectivity index (χ1v) is 9.72. The van der Waals surface area contributed by atoms with Crippen LogP contribution in [0.5, 0.6) is 5.75 Å². The maximum atomic E-state index is 11.0. The van der Waals surface area contributed by atoms with Crippen molar-refractivity contribution in [3.05, 3.63) is 64.2 Å². The van der Waals surface area contributed by atoms with Crippen LogP contribution in [0.2, 0.25) is 0 Å². The number of nitrogens with zero attached hydrogens (tertiary/aromatic N) is 1. The Morgan fingerprint density at radius 1 is 0.885 bits per heavy atom. The fraction of sp³-hybridized carbons (Fsp3) is 0.458. The van der Waals surface area contributed by atoms with Gasteiger partial charge in [0.2, 0.25) is 0 Å². The van der Waals surface area contributed by atoms with Gasteiger partial charge >= 0.3 is 0 Å². The molecule has 0 aliphatic heterocycles. The zero-order valence-electron chi connectivity index (χ0n) is 16.8. The Balaban J connectivity index is 2.04. The second-order valence-corrected chi connectivity index (χ2v) is 8.68. The molecule has 2 nitrogen and oxygen atoms in total. The topological polar surface area (TPSA) is 32.6 Å². The third-order valence-corrected chi connectivity index (χ3v) is 5.74. The Bertz CT molecular complexity index is 809. The predicted molar refractivity (Wildman–Crippen MR) is 110 cm³/mol. The minimum atomic E-state index is 0.108. The number of phenols is 1. The Hall–Kier alpha value is -2.09. The smallest absolute Gasteiger partial charge is 0.128 e. The maximum Gasteiger partial charge on any atom is 0.128 e. The summed E-state index contributed by atoms with van der Waals surface area (Å²) in [5, 5.41) is 11.0. The van der Waals surface area contributed by atoms with Gasteiger partial charge in [0, 0.05) is 11.3 Å². The molecule has 4 bridgehead atoms. The molecule has 0 unspecified atom stereocenters. The second-order valence-electron chi connectivity index (χ2n) is 8.68. The summed E-state index contributed by atoms with van der Waals surface area (Å²) in [4.78, 5) is 4.95. The van der Waals surface area contributed by atoms with Crippen molar-refractivity contribution in [3.63, 3.8) is 0 Å². The molecule has 2 heteroatoms. The number of aromatic hydroxyl groups is 1. The molecule has 6 rings (SSSR count). The van der Waals surface area contributed by atoms with E-state index in [2.05, 4.69) is 64.1 Å². The molecular formula is C24H31NO. The van der Waals surface area contributed by atoms with E-state index >= 15 is 0 Å². The molecule has 26 heavy (non-hydrogen) atoms. The molecule has 2 aromatic rings. The molecule has 1 atom stereocenters. The fourth-order valence-electron chi connectivity index (χ4n) is 3.47. The number of aliphatic imine (C=N–C) groups is 1. The Kier molecular flexibility index (Phi) is 5.22. The molecule has 0 saturated carbocycles. The van der Waals surface area contributed by atoms with Crippen LogP contribution in [0.25, 0.3) is 0 Å². The predicted octanol–water partition coefficient (Wildman–Crippen LogP) is 5.52. The number of aryl methyl sites for hydroxylation is 4. The highest BCUT2D eigenvalue weighted by molar-refractivity contribution is 6.03. The standard InChI is InChI=1S/C24H31NO/c1-16(25-17(2)24(3,4)5)22-20-12-10-18-6-8-19(9-7-18)11-13-21(15-14-20)23(22)26/h6-9,14-15,17,26H,10-13H2,1-5H3/t17-/m0/s1. The van der Waals surface area contributed by atoms with Crippen LogP contribution >= 0.6 is 0 Å². The number of hydrogen-bond acceptors (Lipinski definition) is 2. The Labute approximate surface area is 158 Å². The van der Waals surface area contributed by atoms with Gasteiger partial charge in [-0.2, -0.15) is 0 Å². The molecule has 0 amide bonds. The molecule has 0 fully saturated rings. The lowest BCUT2D eigenvalue weighted by atomic mass is 9.87. The summed E-state index contributed by atoms with van der Waals surface area (Å²) in [6.45, 7) is 10.8. The van der Waals surface area contributed by atoms with Crippen molar-refractivity contribution < 1.29 is 5.11 Å².